The van der Waals surface area contributed by atoms with Crippen molar-refractivity contribution in [1.29, 1.82) is 0 Å². The smallest absolute Gasteiger partial charge is 0.132 e. The highest BCUT2D eigenvalue weighted by molar-refractivity contribution is 5.41. The van der Waals surface area contributed by atoms with Gasteiger partial charge in [-0.05, 0) is 12.5 Å². The fourth-order valence-corrected chi connectivity index (χ4v) is 1.37. The van der Waals surface area contributed by atoms with Gasteiger partial charge in [-0.2, -0.15) is 0 Å². The van der Waals surface area contributed by atoms with E-state index in [0.29, 0.717) is 0 Å². The summed E-state index contributed by atoms with van der Waals surface area (Å²) in [5, 5.41) is 3.28. The Hall–Kier alpha value is -1.90. The van der Waals surface area contributed by atoms with E-state index < -0.39 is 0 Å². The molecule has 0 saturated carbocycles. The Morgan fingerprint density at radius 2 is 2.00 bits per heavy atom. The molecule has 1 heterocycles. The largest absolute Gasteiger partial charge is 0.366 e. The van der Waals surface area contributed by atoms with Crippen molar-refractivity contribution >= 4 is 5.82 Å². The first-order chi connectivity index (χ1) is 7.36. The Labute approximate surface area is 89.2 Å². The van der Waals surface area contributed by atoms with Gasteiger partial charge in [-0.25, -0.2) is 9.97 Å². The predicted octanol–water partition coefficient (Wildman–Crippen LogP) is 2.40. The number of nitrogens with one attached hydrogen (secondary N) is 1. The molecule has 3 nitrogen and oxygen atoms in total. The molecule has 0 spiro atoms. The molecule has 0 aliphatic carbocycles. The topological polar surface area (TPSA) is 37.8 Å². The van der Waals surface area contributed by atoms with Gasteiger partial charge in [0.2, 0.25) is 0 Å². The minimum absolute atomic E-state index is 0.790. The van der Waals surface area contributed by atoms with E-state index in [4.69, 9.17) is 0 Å². The molecule has 0 saturated heterocycles. The molecule has 0 aliphatic rings. The van der Waals surface area contributed by atoms with Crippen LogP contribution in [0, 0.1) is 6.92 Å². The lowest BCUT2D eigenvalue weighted by molar-refractivity contribution is 1.06. The molecule has 0 atom stereocenters. The standard InChI is InChI=1S/C12H13N3/c1-10-7-13-9-15-12(10)14-8-11-5-3-2-4-6-11/h2-7,9H,8H2,1H3,(H,13,14,15). The zero-order valence-electron chi connectivity index (χ0n) is 8.64. The Balaban J connectivity index is 2.03. The lowest BCUT2D eigenvalue weighted by Gasteiger charge is -2.07. The second kappa shape index (κ2) is 4.55. The molecule has 1 N–H and O–H groups in total. The minimum atomic E-state index is 0.790. The molecule has 0 bridgehead atoms. The third-order valence-corrected chi connectivity index (χ3v) is 2.20. The third kappa shape index (κ3) is 2.53. The maximum absolute atomic E-state index is 4.17. The summed E-state index contributed by atoms with van der Waals surface area (Å²) in [6.07, 6.45) is 3.36. The lowest BCUT2D eigenvalue weighted by Crippen LogP contribution is -2.03. The first-order valence-electron chi connectivity index (χ1n) is 4.90. The van der Waals surface area contributed by atoms with Crippen LogP contribution in [0.15, 0.2) is 42.9 Å². The Morgan fingerprint density at radius 3 is 2.73 bits per heavy atom. The van der Waals surface area contributed by atoms with E-state index in [9.17, 15) is 0 Å². The second-order valence-electron chi connectivity index (χ2n) is 3.39. The average Bonchev–Trinajstić information content (AvgIpc) is 2.29. The van der Waals surface area contributed by atoms with E-state index in [1.54, 1.807) is 12.5 Å². The van der Waals surface area contributed by atoms with Crippen molar-refractivity contribution in [2.75, 3.05) is 5.32 Å². The second-order valence-corrected chi connectivity index (χ2v) is 3.39. The molecule has 0 fully saturated rings. The average molecular weight is 199 g/mol. The Bertz CT molecular complexity index is 426. The zero-order valence-corrected chi connectivity index (χ0v) is 8.64. The zero-order chi connectivity index (χ0) is 10.5. The first kappa shape index (κ1) is 9.65. The SMILES string of the molecule is Cc1cncnc1NCc1ccccc1. The number of hydrogen-bond donors (Lipinski definition) is 1. The minimum Gasteiger partial charge on any atom is -0.366 e. The Morgan fingerprint density at radius 1 is 1.20 bits per heavy atom. The molecule has 76 valence electrons. The lowest BCUT2D eigenvalue weighted by atomic mass is 10.2. The van der Waals surface area contributed by atoms with Crippen molar-refractivity contribution in [2.24, 2.45) is 0 Å². The van der Waals surface area contributed by atoms with Crippen LogP contribution in [0.25, 0.3) is 0 Å². The van der Waals surface area contributed by atoms with Crippen molar-refractivity contribution in [3.05, 3.63) is 54.0 Å². The van der Waals surface area contributed by atoms with Crippen molar-refractivity contribution in [2.45, 2.75) is 13.5 Å². The molecular formula is C12H13N3. The molecular weight excluding hydrogens is 186 g/mol. The van der Waals surface area contributed by atoms with Crippen molar-refractivity contribution in [1.82, 2.24) is 9.97 Å². The van der Waals surface area contributed by atoms with Gasteiger partial charge in [-0.15, -0.1) is 0 Å². The Kier molecular flexibility index (Phi) is 2.93. The van der Waals surface area contributed by atoms with Crippen molar-refractivity contribution in [3.8, 4) is 0 Å². The highest BCUT2D eigenvalue weighted by Gasteiger charge is 1.97. The molecule has 0 radical (unpaired) electrons. The van der Waals surface area contributed by atoms with Gasteiger partial charge in [0.1, 0.15) is 12.1 Å². The normalized spacial score (nSPS) is 9.93. The van der Waals surface area contributed by atoms with E-state index in [0.717, 1.165) is 17.9 Å². The number of anilines is 1. The van der Waals surface area contributed by atoms with Gasteiger partial charge in [-0.3, -0.25) is 0 Å². The summed E-state index contributed by atoms with van der Waals surface area (Å²) in [6.45, 7) is 2.78. The third-order valence-electron chi connectivity index (χ3n) is 2.20. The summed E-state index contributed by atoms with van der Waals surface area (Å²) in [5.74, 6) is 0.897. The first-order valence-corrected chi connectivity index (χ1v) is 4.90. The summed E-state index contributed by atoms with van der Waals surface area (Å²) in [4.78, 5) is 8.12. The van der Waals surface area contributed by atoms with Gasteiger partial charge in [0.25, 0.3) is 0 Å². The van der Waals surface area contributed by atoms with Crippen LogP contribution < -0.4 is 5.32 Å². The number of rotatable bonds is 3. The number of hydrogen-bond acceptors (Lipinski definition) is 3. The van der Waals surface area contributed by atoms with Crippen LogP contribution in [0.5, 0.6) is 0 Å². The molecule has 0 unspecified atom stereocenters. The number of aryl methyl sites for hydroxylation is 1. The van der Waals surface area contributed by atoms with Crippen LogP contribution in [0.4, 0.5) is 5.82 Å². The fraction of sp³-hybridized carbons (Fsp3) is 0.167. The van der Waals surface area contributed by atoms with Crippen molar-refractivity contribution < 1.29 is 0 Å². The summed E-state index contributed by atoms with van der Waals surface area (Å²) in [7, 11) is 0. The fourth-order valence-electron chi connectivity index (χ4n) is 1.37. The highest BCUT2D eigenvalue weighted by Crippen LogP contribution is 2.09. The summed E-state index contributed by atoms with van der Waals surface area (Å²) < 4.78 is 0. The van der Waals surface area contributed by atoms with E-state index >= 15 is 0 Å². The molecule has 1 aromatic heterocycles. The van der Waals surface area contributed by atoms with Gasteiger partial charge < -0.3 is 5.32 Å². The molecule has 2 aromatic rings. The van der Waals surface area contributed by atoms with Crippen LogP contribution in [0.2, 0.25) is 0 Å². The van der Waals surface area contributed by atoms with Gasteiger partial charge in [0, 0.05) is 18.3 Å². The maximum Gasteiger partial charge on any atom is 0.132 e. The van der Waals surface area contributed by atoms with Crippen LogP contribution >= 0.6 is 0 Å². The van der Waals surface area contributed by atoms with E-state index in [2.05, 4.69) is 27.4 Å². The maximum atomic E-state index is 4.17. The van der Waals surface area contributed by atoms with Crippen LogP contribution in [-0.2, 0) is 6.54 Å². The van der Waals surface area contributed by atoms with Gasteiger partial charge in [-0.1, -0.05) is 30.3 Å². The number of nitrogens with zero attached hydrogens (tertiary/aromatic N) is 2. The number of benzene rings is 1. The quantitative estimate of drug-likeness (QED) is 0.824. The van der Waals surface area contributed by atoms with Crippen LogP contribution in [-0.4, -0.2) is 9.97 Å². The van der Waals surface area contributed by atoms with Crippen molar-refractivity contribution in [3.63, 3.8) is 0 Å². The molecule has 0 aliphatic heterocycles. The van der Waals surface area contributed by atoms with Gasteiger partial charge in [0.15, 0.2) is 0 Å². The summed E-state index contributed by atoms with van der Waals surface area (Å²) >= 11 is 0. The molecule has 2 rings (SSSR count). The van der Waals surface area contributed by atoms with Crippen LogP contribution in [0.1, 0.15) is 11.1 Å². The monoisotopic (exact) mass is 199 g/mol. The molecule has 1 aromatic carbocycles. The van der Waals surface area contributed by atoms with E-state index in [1.807, 2.05) is 25.1 Å². The highest BCUT2D eigenvalue weighted by atomic mass is 15.0. The molecule has 3 heteroatoms. The predicted molar refractivity (Wildman–Crippen MR) is 60.5 cm³/mol. The molecule has 0 amide bonds. The van der Waals surface area contributed by atoms with Crippen LogP contribution in [0.3, 0.4) is 0 Å². The van der Waals surface area contributed by atoms with Gasteiger partial charge >= 0.3 is 0 Å². The summed E-state index contributed by atoms with van der Waals surface area (Å²) in [6, 6.07) is 10.3. The number of aromatic nitrogens is 2. The molecule has 15 heavy (non-hydrogen) atoms. The van der Waals surface area contributed by atoms with E-state index in [1.165, 1.54) is 5.56 Å². The van der Waals surface area contributed by atoms with Gasteiger partial charge in [0.05, 0.1) is 0 Å². The van der Waals surface area contributed by atoms with E-state index in [-0.39, 0.29) is 0 Å². The summed E-state index contributed by atoms with van der Waals surface area (Å²) in [5.41, 5.74) is 2.31.